The molecule has 0 bridgehead atoms. The average Bonchev–Trinajstić information content (AvgIpc) is 3.25. The van der Waals surface area contributed by atoms with Crippen LogP contribution in [0.4, 0.5) is 0 Å². The fourth-order valence-electron chi connectivity index (χ4n) is 2.99. The summed E-state index contributed by atoms with van der Waals surface area (Å²) < 4.78 is 23.0. The molecule has 0 radical (unpaired) electrons. The van der Waals surface area contributed by atoms with Crippen molar-refractivity contribution in [3.8, 4) is 0 Å². The van der Waals surface area contributed by atoms with Gasteiger partial charge in [0.15, 0.2) is 0 Å². The lowest BCUT2D eigenvalue weighted by Gasteiger charge is -2.15. The molecule has 114 valence electrons. The Hall–Kier alpha value is -1.40. The highest BCUT2D eigenvalue weighted by atomic mass is 32.2. The molecule has 0 aliphatic heterocycles. The fourth-order valence-corrected chi connectivity index (χ4v) is 3.80. The summed E-state index contributed by atoms with van der Waals surface area (Å²) in [6.07, 6.45) is 4.93. The van der Waals surface area contributed by atoms with Crippen LogP contribution in [0.25, 0.3) is 0 Å². The first kappa shape index (κ1) is 14.5. The van der Waals surface area contributed by atoms with Crippen molar-refractivity contribution in [2.75, 3.05) is 6.54 Å². The Bertz CT molecular complexity index is 689. The van der Waals surface area contributed by atoms with Crippen LogP contribution < -0.4 is 10.5 Å². The van der Waals surface area contributed by atoms with Gasteiger partial charge in [0, 0.05) is 12.1 Å². The van der Waals surface area contributed by atoms with Gasteiger partial charge < -0.3 is 5.32 Å². The van der Waals surface area contributed by atoms with E-state index >= 15 is 0 Å². The number of amides is 1. The van der Waals surface area contributed by atoms with E-state index in [-0.39, 0.29) is 10.8 Å². The number of primary sulfonamides is 1. The van der Waals surface area contributed by atoms with Crippen LogP contribution in [0.15, 0.2) is 23.1 Å². The highest BCUT2D eigenvalue weighted by Gasteiger charge is 2.53. The van der Waals surface area contributed by atoms with Gasteiger partial charge in [0.25, 0.3) is 5.91 Å². The maximum atomic E-state index is 12.2. The topological polar surface area (TPSA) is 89.3 Å². The first-order chi connectivity index (χ1) is 9.82. The molecule has 21 heavy (non-hydrogen) atoms. The molecule has 2 saturated carbocycles. The molecule has 0 unspecified atom stereocenters. The maximum Gasteiger partial charge on any atom is 0.251 e. The zero-order valence-corrected chi connectivity index (χ0v) is 12.9. The number of hydrogen-bond acceptors (Lipinski definition) is 3. The third-order valence-corrected chi connectivity index (χ3v) is 5.75. The van der Waals surface area contributed by atoms with Crippen molar-refractivity contribution in [1.82, 2.24) is 5.32 Å². The van der Waals surface area contributed by atoms with Crippen LogP contribution in [-0.4, -0.2) is 20.9 Å². The molecule has 3 N–H and O–H groups in total. The normalized spacial score (nSPS) is 20.1. The van der Waals surface area contributed by atoms with Crippen LogP contribution in [-0.2, 0) is 10.0 Å². The van der Waals surface area contributed by atoms with Crippen molar-refractivity contribution in [2.24, 2.45) is 16.5 Å². The minimum absolute atomic E-state index is 0.0125. The number of hydrogen-bond donors (Lipinski definition) is 2. The molecule has 6 heteroatoms. The molecule has 2 aliphatic carbocycles. The quantitative estimate of drug-likeness (QED) is 0.865. The highest BCUT2D eigenvalue weighted by Crippen LogP contribution is 2.60. The van der Waals surface area contributed by atoms with Gasteiger partial charge in [-0.15, -0.1) is 0 Å². The first-order valence-corrected chi connectivity index (χ1v) is 8.78. The largest absolute Gasteiger partial charge is 0.351 e. The van der Waals surface area contributed by atoms with E-state index in [0.29, 0.717) is 23.1 Å². The second-order valence-electron chi connectivity index (χ2n) is 6.34. The van der Waals surface area contributed by atoms with Gasteiger partial charge in [0.2, 0.25) is 10.0 Å². The van der Waals surface area contributed by atoms with Gasteiger partial charge in [-0.3, -0.25) is 4.79 Å². The lowest BCUT2D eigenvalue weighted by atomic mass is 10.0. The van der Waals surface area contributed by atoms with Crippen molar-refractivity contribution >= 4 is 15.9 Å². The van der Waals surface area contributed by atoms with Crippen molar-refractivity contribution in [1.29, 1.82) is 0 Å². The summed E-state index contributed by atoms with van der Waals surface area (Å²) >= 11 is 0. The molecule has 1 aromatic carbocycles. The summed E-state index contributed by atoms with van der Waals surface area (Å²) in [5.74, 6) is 0.544. The van der Waals surface area contributed by atoms with Crippen molar-refractivity contribution in [3.05, 3.63) is 29.3 Å². The van der Waals surface area contributed by atoms with E-state index in [0.717, 1.165) is 5.92 Å². The Morgan fingerprint density at radius 3 is 2.57 bits per heavy atom. The smallest absolute Gasteiger partial charge is 0.251 e. The standard InChI is InChI=1S/C15H20N2O3S/c1-10-2-3-11(8-13(10)21(16,19)20)14(18)17-9-15(6-7-15)12-4-5-12/h2-3,8,12H,4-7,9H2,1H3,(H,17,18)(H2,16,19,20). The van der Waals surface area contributed by atoms with E-state index in [1.54, 1.807) is 19.1 Å². The molecule has 0 atom stereocenters. The molecular formula is C15H20N2O3S. The Kier molecular flexibility index (Phi) is 3.33. The van der Waals surface area contributed by atoms with Crippen LogP contribution in [0.3, 0.4) is 0 Å². The predicted octanol–water partition coefficient (Wildman–Crippen LogP) is 1.56. The van der Waals surface area contributed by atoms with E-state index in [1.807, 2.05) is 0 Å². The second-order valence-corrected chi connectivity index (χ2v) is 7.87. The molecule has 0 spiro atoms. The number of aryl methyl sites for hydroxylation is 1. The molecular weight excluding hydrogens is 288 g/mol. The number of sulfonamides is 1. The minimum Gasteiger partial charge on any atom is -0.351 e. The molecule has 5 nitrogen and oxygen atoms in total. The van der Waals surface area contributed by atoms with Gasteiger partial charge in [0.05, 0.1) is 4.90 Å². The van der Waals surface area contributed by atoms with E-state index < -0.39 is 10.0 Å². The Balaban J connectivity index is 1.73. The lowest BCUT2D eigenvalue weighted by molar-refractivity contribution is 0.0942. The lowest BCUT2D eigenvalue weighted by Crippen LogP contribution is -2.31. The average molecular weight is 308 g/mol. The highest BCUT2D eigenvalue weighted by molar-refractivity contribution is 7.89. The Morgan fingerprint density at radius 2 is 2.05 bits per heavy atom. The summed E-state index contributed by atoms with van der Waals surface area (Å²) in [5.41, 5.74) is 1.21. The molecule has 3 rings (SSSR count). The maximum absolute atomic E-state index is 12.2. The van der Waals surface area contributed by atoms with Gasteiger partial charge >= 0.3 is 0 Å². The monoisotopic (exact) mass is 308 g/mol. The van der Waals surface area contributed by atoms with Crippen LogP contribution in [0.2, 0.25) is 0 Å². The zero-order valence-electron chi connectivity index (χ0n) is 12.1. The Morgan fingerprint density at radius 1 is 1.38 bits per heavy atom. The number of benzene rings is 1. The number of carbonyl (C=O) groups excluding carboxylic acids is 1. The minimum atomic E-state index is -3.80. The number of nitrogens with one attached hydrogen (secondary N) is 1. The first-order valence-electron chi connectivity index (χ1n) is 7.23. The van der Waals surface area contributed by atoms with Gasteiger partial charge in [-0.2, -0.15) is 0 Å². The van der Waals surface area contributed by atoms with Crippen LogP contribution in [0.1, 0.15) is 41.6 Å². The van der Waals surface area contributed by atoms with Crippen LogP contribution in [0.5, 0.6) is 0 Å². The number of rotatable bonds is 5. The van der Waals surface area contributed by atoms with Crippen molar-refractivity contribution in [2.45, 2.75) is 37.5 Å². The molecule has 0 saturated heterocycles. The number of carbonyl (C=O) groups is 1. The van der Waals surface area contributed by atoms with E-state index in [2.05, 4.69) is 5.32 Å². The van der Waals surface area contributed by atoms with E-state index in [4.69, 9.17) is 5.14 Å². The molecule has 1 amide bonds. The van der Waals surface area contributed by atoms with Crippen molar-refractivity contribution < 1.29 is 13.2 Å². The SMILES string of the molecule is Cc1ccc(C(=O)NCC2(C3CC3)CC2)cc1S(N)(=O)=O. The second kappa shape index (κ2) is 4.81. The molecule has 2 aliphatic rings. The molecule has 2 fully saturated rings. The summed E-state index contributed by atoms with van der Waals surface area (Å²) in [7, 11) is -3.80. The zero-order chi connectivity index (χ0) is 15.3. The Labute approximate surface area is 125 Å². The fraction of sp³-hybridized carbons (Fsp3) is 0.533. The predicted molar refractivity (Wildman–Crippen MR) is 79.3 cm³/mol. The van der Waals surface area contributed by atoms with Gasteiger partial charge in [-0.25, -0.2) is 13.6 Å². The van der Waals surface area contributed by atoms with E-state index in [1.165, 1.54) is 31.7 Å². The van der Waals surface area contributed by atoms with Crippen LogP contribution >= 0.6 is 0 Å². The van der Waals surface area contributed by atoms with Crippen LogP contribution in [0, 0.1) is 18.3 Å². The van der Waals surface area contributed by atoms with Crippen molar-refractivity contribution in [3.63, 3.8) is 0 Å². The van der Waals surface area contributed by atoms with Gasteiger partial charge in [-0.1, -0.05) is 6.07 Å². The van der Waals surface area contributed by atoms with E-state index in [9.17, 15) is 13.2 Å². The summed E-state index contributed by atoms with van der Waals surface area (Å²) in [6.45, 7) is 2.35. The molecule has 0 heterocycles. The summed E-state index contributed by atoms with van der Waals surface area (Å²) in [5, 5.41) is 8.11. The van der Waals surface area contributed by atoms with Gasteiger partial charge in [0.1, 0.15) is 0 Å². The third-order valence-electron chi connectivity index (χ3n) is 4.69. The molecule has 0 aromatic heterocycles. The third kappa shape index (κ3) is 2.96. The summed E-state index contributed by atoms with van der Waals surface area (Å²) in [6, 6.07) is 4.61. The van der Waals surface area contributed by atoms with Gasteiger partial charge in [-0.05, 0) is 61.6 Å². The number of nitrogens with two attached hydrogens (primary N) is 1. The summed E-state index contributed by atoms with van der Waals surface area (Å²) in [4.78, 5) is 12.2. The molecule has 1 aromatic rings.